The Morgan fingerprint density at radius 3 is 2.30 bits per heavy atom. The average Bonchev–Trinajstić information content (AvgIpc) is 3.09. The summed E-state index contributed by atoms with van der Waals surface area (Å²) in [5.74, 6) is -0.240. The van der Waals surface area contributed by atoms with Crippen LogP contribution in [0.25, 0.3) is 0 Å². The predicted molar refractivity (Wildman–Crippen MR) is 108 cm³/mol. The molecule has 5 nitrogen and oxygen atoms in total. The van der Waals surface area contributed by atoms with Gasteiger partial charge in [0, 0.05) is 25.0 Å². The Morgan fingerprint density at radius 1 is 1.17 bits per heavy atom. The minimum atomic E-state index is -4.37. The smallest absolute Gasteiger partial charge is 0.416 e. The van der Waals surface area contributed by atoms with Crippen molar-refractivity contribution in [1.29, 1.82) is 0 Å². The average molecular weight is 428 g/mol. The van der Waals surface area contributed by atoms with Crippen LogP contribution >= 0.6 is 0 Å². The molecule has 0 bridgehead atoms. The zero-order chi connectivity index (χ0) is 22.7. The predicted octanol–water partition coefficient (Wildman–Crippen LogP) is 4.65. The lowest BCUT2D eigenvalue weighted by atomic mass is 9.98. The number of nitrogens with one attached hydrogen (secondary N) is 1. The summed E-state index contributed by atoms with van der Waals surface area (Å²) in [6.45, 7) is 10.2. The first-order valence-electron chi connectivity index (χ1n) is 10.2. The van der Waals surface area contributed by atoms with Crippen LogP contribution in [0.5, 0.6) is 0 Å². The Labute approximate surface area is 176 Å². The molecule has 1 aromatic carbocycles. The van der Waals surface area contributed by atoms with E-state index in [0.29, 0.717) is 25.1 Å². The van der Waals surface area contributed by atoms with Gasteiger partial charge in [-0.1, -0.05) is 19.1 Å². The monoisotopic (exact) mass is 428 g/mol. The van der Waals surface area contributed by atoms with Gasteiger partial charge in [0.1, 0.15) is 5.60 Å². The minimum absolute atomic E-state index is 0.0261. The number of hydrogen-bond acceptors (Lipinski definition) is 3. The Bertz CT molecular complexity index is 741. The maximum Gasteiger partial charge on any atom is 0.416 e. The first-order valence-corrected chi connectivity index (χ1v) is 10.2. The maximum atomic E-state index is 12.8. The van der Waals surface area contributed by atoms with E-state index in [1.54, 1.807) is 32.6 Å². The minimum Gasteiger partial charge on any atom is -0.444 e. The fourth-order valence-electron chi connectivity index (χ4n) is 3.59. The Morgan fingerprint density at radius 2 is 1.77 bits per heavy atom. The summed E-state index contributed by atoms with van der Waals surface area (Å²) in [5.41, 5.74) is -0.575. The summed E-state index contributed by atoms with van der Waals surface area (Å²) < 4.78 is 43.3. The van der Waals surface area contributed by atoms with Crippen LogP contribution in [0.2, 0.25) is 0 Å². The molecule has 0 aromatic heterocycles. The summed E-state index contributed by atoms with van der Waals surface area (Å²) in [7, 11) is 0. The van der Waals surface area contributed by atoms with Gasteiger partial charge in [0.25, 0.3) is 0 Å². The van der Waals surface area contributed by atoms with Crippen LogP contribution in [-0.2, 0) is 22.1 Å². The number of carbonyl (C=O) groups is 2. The number of alkyl halides is 3. The zero-order valence-corrected chi connectivity index (χ0v) is 18.2. The maximum absolute atomic E-state index is 12.8. The Kier molecular flexibility index (Phi) is 7.42. The second-order valence-corrected chi connectivity index (χ2v) is 9.07. The molecular weight excluding hydrogens is 397 g/mol. The summed E-state index contributed by atoms with van der Waals surface area (Å²) in [4.78, 5) is 26.5. The highest BCUT2D eigenvalue weighted by atomic mass is 19.4. The quantitative estimate of drug-likeness (QED) is 0.743. The number of likely N-dealkylation sites (tertiary alicyclic amines) is 1. The zero-order valence-electron chi connectivity index (χ0n) is 18.2. The van der Waals surface area contributed by atoms with Gasteiger partial charge in [-0.25, -0.2) is 4.79 Å². The first kappa shape index (κ1) is 24.0. The lowest BCUT2D eigenvalue weighted by Gasteiger charge is -2.25. The molecule has 1 saturated heterocycles. The molecule has 3 atom stereocenters. The van der Waals surface area contributed by atoms with Crippen molar-refractivity contribution in [3.05, 3.63) is 35.4 Å². The Balaban J connectivity index is 1.86. The van der Waals surface area contributed by atoms with Crippen LogP contribution in [0.4, 0.5) is 18.0 Å². The highest BCUT2D eigenvalue weighted by Gasteiger charge is 2.33. The highest BCUT2D eigenvalue weighted by molar-refractivity contribution is 5.79. The molecule has 2 amide bonds. The van der Waals surface area contributed by atoms with Crippen molar-refractivity contribution >= 4 is 12.0 Å². The van der Waals surface area contributed by atoms with Gasteiger partial charge in [0.2, 0.25) is 5.91 Å². The van der Waals surface area contributed by atoms with E-state index in [0.717, 1.165) is 18.6 Å². The third-order valence-corrected chi connectivity index (χ3v) is 5.23. The molecule has 1 N–H and O–H groups in total. The van der Waals surface area contributed by atoms with Crippen LogP contribution in [0.15, 0.2) is 24.3 Å². The normalized spacial score (nSPS) is 19.3. The van der Waals surface area contributed by atoms with E-state index in [1.807, 2.05) is 6.92 Å². The highest BCUT2D eigenvalue weighted by Crippen LogP contribution is 2.29. The van der Waals surface area contributed by atoms with Crippen LogP contribution in [-0.4, -0.2) is 41.6 Å². The molecule has 1 aliphatic heterocycles. The third-order valence-electron chi connectivity index (χ3n) is 5.23. The molecule has 1 fully saturated rings. The second-order valence-electron chi connectivity index (χ2n) is 9.07. The van der Waals surface area contributed by atoms with Gasteiger partial charge in [0.05, 0.1) is 5.56 Å². The molecular formula is C22H31F3N2O3. The standard InChI is InChI=1S/C22H31F3N2O3/c1-14(12-16-6-8-18(9-7-16)22(23,24)25)19(28)27-11-10-17(13-27)15(2)26-20(29)30-21(3,4)5/h6-9,14-15,17H,10-13H2,1-5H3,(H,26,29)/t14-,15+,17+/m1/s1. The van der Waals surface area contributed by atoms with E-state index in [-0.39, 0.29) is 23.8 Å². The molecule has 1 aliphatic rings. The van der Waals surface area contributed by atoms with Gasteiger partial charge < -0.3 is 15.0 Å². The van der Waals surface area contributed by atoms with E-state index >= 15 is 0 Å². The molecule has 1 heterocycles. The van der Waals surface area contributed by atoms with Crippen molar-refractivity contribution < 1.29 is 27.5 Å². The van der Waals surface area contributed by atoms with E-state index < -0.39 is 23.4 Å². The molecule has 30 heavy (non-hydrogen) atoms. The van der Waals surface area contributed by atoms with Gasteiger partial charge in [0.15, 0.2) is 0 Å². The van der Waals surface area contributed by atoms with Crippen molar-refractivity contribution in [2.45, 2.75) is 65.3 Å². The molecule has 0 unspecified atom stereocenters. The molecule has 2 rings (SSSR count). The van der Waals surface area contributed by atoms with Crippen LogP contribution in [0, 0.1) is 11.8 Å². The van der Waals surface area contributed by atoms with Crippen molar-refractivity contribution in [2.24, 2.45) is 11.8 Å². The second kappa shape index (κ2) is 9.27. The summed E-state index contributed by atoms with van der Waals surface area (Å²) in [6, 6.07) is 4.80. The van der Waals surface area contributed by atoms with Gasteiger partial charge in [-0.2, -0.15) is 13.2 Å². The molecule has 8 heteroatoms. The van der Waals surface area contributed by atoms with Gasteiger partial charge in [-0.15, -0.1) is 0 Å². The number of carbonyl (C=O) groups excluding carboxylic acids is 2. The molecule has 0 saturated carbocycles. The first-order chi connectivity index (χ1) is 13.8. The van der Waals surface area contributed by atoms with E-state index in [9.17, 15) is 22.8 Å². The van der Waals surface area contributed by atoms with Gasteiger partial charge in [-0.05, 0) is 64.2 Å². The number of ether oxygens (including phenoxy) is 1. The van der Waals surface area contributed by atoms with Crippen LogP contribution in [0.3, 0.4) is 0 Å². The number of amides is 2. The van der Waals surface area contributed by atoms with Crippen LogP contribution in [0.1, 0.15) is 52.2 Å². The van der Waals surface area contributed by atoms with E-state index in [4.69, 9.17) is 4.74 Å². The fourth-order valence-corrected chi connectivity index (χ4v) is 3.59. The SMILES string of the molecule is C[C@H](Cc1ccc(C(F)(F)F)cc1)C(=O)N1CC[C@H]([C@H](C)NC(=O)OC(C)(C)C)C1. The number of hydrogen-bond donors (Lipinski definition) is 1. The van der Waals surface area contributed by atoms with Gasteiger partial charge in [-0.3, -0.25) is 4.79 Å². The third kappa shape index (κ3) is 6.92. The lowest BCUT2D eigenvalue weighted by Crippen LogP contribution is -2.42. The van der Waals surface area contributed by atoms with Gasteiger partial charge >= 0.3 is 12.3 Å². The molecule has 0 aliphatic carbocycles. The van der Waals surface area contributed by atoms with Crippen molar-refractivity contribution in [1.82, 2.24) is 10.2 Å². The largest absolute Gasteiger partial charge is 0.444 e. The van der Waals surface area contributed by atoms with Crippen molar-refractivity contribution in [3.63, 3.8) is 0 Å². The summed E-state index contributed by atoms with van der Waals surface area (Å²) in [5, 5.41) is 2.83. The van der Waals surface area contributed by atoms with Crippen molar-refractivity contribution in [3.8, 4) is 0 Å². The number of alkyl carbamates (subject to hydrolysis) is 1. The molecule has 0 spiro atoms. The summed E-state index contributed by atoms with van der Waals surface area (Å²) in [6.07, 6.45) is -3.69. The lowest BCUT2D eigenvalue weighted by molar-refractivity contribution is -0.137. The number of nitrogens with zero attached hydrogens (tertiary/aromatic N) is 1. The number of rotatable bonds is 5. The fraction of sp³-hybridized carbons (Fsp3) is 0.636. The summed E-state index contributed by atoms with van der Waals surface area (Å²) >= 11 is 0. The Hall–Kier alpha value is -2.25. The van der Waals surface area contributed by atoms with E-state index in [2.05, 4.69) is 5.32 Å². The molecule has 1 aromatic rings. The van der Waals surface area contributed by atoms with E-state index in [1.165, 1.54) is 12.1 Å². The van der Waals surface area contributed by atoms with Crippen molar-refractivity contribution in [2.75, 3.05) is 13.1 Å². The molecule has 0 radical (unpaired) electrons. The number of benzene rings is 1. The van der Waals surface area contributed by atoms with Crippen LogP contribution < -0.4 is 5.32 Å². The topological polar surface area (TPSA) is 58.6 Å². The molecule has 168 valence electrons. The number of halogens is 3.